The van der Waals surface area contributed by atoms with Gasteiger partial charge >= 0.3 is 17.9 Å². The van der Waals surface area contributed by atoms with Crippen molar-refractivity contribution in [2.45, 2.75) is 264 Å². The van der Waals surface area contributed by atoms with E-state index in [0.29, 0.717) is 19.3 Å². The lowest BCUT2D eigenvalue weighted by Gasteiger charge is -2.18. The zero-order chi connectivity index (χ0) is 50.7. The summed E-state index contributed by atoms with van der Waals surface area (Å²) in [5.74, 6) is -0.915. The summed E-state index contributed by atoms with van der Waals surface area (Å²) in [6.07, 6.45) is 78.1. The summed E-state index contributed by atoms with van der Waals surface area (Å²) in [7, 11) is 0. The SMILES string of the molecule is CC/C=C\C/C=C\C/C=C\C/C=C\C/C=C\C/C=C\C/C=C\C/C=C\CCCCCCCCC(=O)OCC(COC(=O)CCCCCCCCCC)OC(=O)CCCCCCC/C=C\CCCCCC. The fourth-order valence-electron chi connectivity index (χ4n) is 7.69. The van der Waals surface area contributed by atoms with Gasteiger partial charge in [0.15, 0.2) is 6.10 Å². The molecule has 0 heterocycles. The highest BCUT2D eigenvalue weighted by Crippen LogP contribution is 2.14. The third kappa shape index (κ3) is 55.0. The molecule has 1 atom stereocenters. The van der Waals surface area contributed by atoms with E-state index in [1.165, 1.54) is 83.5 Å². The summed E-state index contributed by atoms with van der Waals surface area (Å²) in [4.78, 5) is 37.9. The minimum atomic E-state index is -0.786. The normalized spacial score (nSPS) is 12.9. The zero-order valence-corrected chi connectivity index (χ0v) is 45.5. The van der Waals surface area contributed by atoms with E-state index in [0.717, 1.165) is 135 Å². The first-order chi connectivity index (χ1) is 34.5. The van der Waals surface area contributed by atoms with E-state index in [4.69, 9.17) is 14.2 Å². The van der Waals surface area contributed by atoms with Crippen molar-refractivity contribution in [2.24, 2.45) is 0 Å². The fraction of sp³-hybridized carbons (Fsp3) is 0.672. The van der Waals surface area contributed by atoms with Crippen molar-refractivity contribution in [3.8, 4) is 0 Å². The van der Waals surface area contributed by atoms with Gasteiger partial charge in [-0.25, -0.2) is 0 Å². The van der Waals surface area contributed by atoms with Crippen LogP contribution in [0.15, 0.2) is 109 Å². The minimum absolute atomic E-state index is 0.0854. The van der Waals surface area contributed by atoms with Crippen molar-refractivity contribution >= 4 is 17.9 Å². The van der Waals surface area contributed by atoms with Gasteiger partial charge in [-0.15, -0.1) is 0 Å². The predicted molar refractivity (Wildman–Crippen MR) is 302 cm³/mol. The molecule has 0 aliphatic rings. The second kappa shape index (κ2) is 57.6. The van der Waals surface area contributed by atoms with E-state index in [2.05, 4.69) is 130 Å². The van der Waals surface area contributed by atoms with Crippen LogP contribution in [0.5, 0.6) is 0 Å². The van der Waals surface area contributed by atoms with Gasteiger partial charge in [0.25, 0.3) is 0 Å². The lowest BCUT2D eigenvalue weighted by Crippen LogP contribution is -2.30. The van der Waals surface area contributed by atoms with Gasteiger partial charge in [0.1, 0.15) is 13.2 Å². The molecule has 0 spiro atoms. The van der Waals surface area contributed by atoms with Crippen LogP contribution in [0.1, 0.15) is 258 Å². The molecule has 398 valence electrons. The Balaban J connectivity index is 4.21. The molecule has 0 aliphatic carbocycles. The molecular weight excluding hydrogens is 865 g/mol. The van der Waals surface area contributed by atoms with E-state index in [1.54, 1.807) is 0 Å². The highest BCUT2D eigenvalue weighted by molar-refractivity contribution is 5.71. The summed E-state index contributed by atoms with van der Waals surface area (Å²) in [5.41, 5.74) is 0. The van der Waals surface area contributed by atoms with Gasteiger partial charge in [0, 0.05) is 19.3 Å². The fourth-order valence-corrected chi connectivity index (χ4v) is 7.69. The predicted octanol–water partition coefficient (Wildman–Crippen LogP) is 19.5. The number of rotatable bonds is 51. The average molecular weight is 972 g/mol. The highest BCUT2D eigenvalue weighted by atomic mass is 16.6. The second-order valence-corrected chi connectivity index (χ2v) is 18.8. The van der Waals surface area contributed by atoms with Crippen LogP contribution in [0.4, 0.5) is 0 Å². The van der Waals surface area contributed by atoms with Crippen LogP contribution in [0.3, 0.4) is 0 Å². The van der Waals surface area contributed by atoms with Gasteiger partial charge in [-0.05, 0) is 109 Å². The molecule has 0 aromatic carbocycles. The van der Waals surface area contributed by atoms with Gasteiger partial charge < -0.3 is 14.2 Å². The summed E-state index contributed by atoms with van der Waals surface area (Å²) in [6, 6.07) is 0. The molecule has 0 amide bonds. The molecule has 0 saturated carbocycles. The van der Waals surface area contributed by atoms with Crippen molar-refractivity contribution in [3.05, 3.63) is 109 Å². The number of hydrogen-bond donors (Lipinski definition) is 0. The van der Waals surface area contributed by atoms with E-state index < -0.39 is 6.10 Å². The Morgan fingerprint density at radius 3 is 0.900 bits per heavy atom. The first-order valence-electron chi connectivity index (χ1n) is 28.9. The maximum atomic E-state index is 12.8. The number of ether oxygens (including phenoxy) is 3. The van der Waals surface area contributed by atoms with Crippen LogP contribution >= 0.6 is 0 Å². The number of hydrogen-bond acceptors (Lipinski definition) is 6. The van der Waals surface area contributed by atoms with Gasteiger partial charge in [0.05, 0.1) is 0 Å². The van der Waals surface area contributed by atoms with E-state index in [9.17, 15) is 14.4 Å². The van der Waals surface area contributed by atoms with Crippen LogP contribution in [0, 0.1) is 0 Å². The number of carbonyl (C=O) groups excluding carboxylic acids is 3. The van der Waals surface area contributed by atoms with Crippen LogP contribution in [0.2, 0.25) is 0 Å². The average Bonchev–Trinajstić information content (AvgIpc) is 3.36. The molecular formula is C64H106O6. The Kier molecular flexibility index (Phi) is 54.4. The molecule has 0 fully saturated rings. The maximum Gasteiger partial charge on any atom is 0.306 e. The van der Waals surface area contributed by atoms with Crippen LogP contribution < -0.4 is 0 Å². The molecule has 0 bridgehead atoms. The van der Waals surface area contributed by atoms with E-state index in [-0.39, 0.29) is 31.1 Å². The largest absolute Gasteiger partial charge is 0.462 e. The topological polar surface area (TPSA) is 78.9 Å². The van der Waals surface area contributed by atoms with Crippen molar-refractivity contribution in [2.75, 3.05) is 13.2 Å². The minimum Gasteiger partial charge on any atom is -0.462 e. The van der Waals surface area contributed by atoms with Crippen molar-refractivity contribution in [3.63, 3.8) is 0 Å². The van der Waals surface area contributed by atoms with E-state index >= 15 is 0 Å². The summed E-state index contributed by atoms with van der Waals surface area (Å²) in [5, 5.41) is 0. The molecule has 0 N–H and O–H groups in total. The Bertz CT molecular complexity index is 1440. The molecule has 1 unspecified atom stereocenters. The number of allylic oxidation sites excluding steroid dienone is 18. The third-order valence-corrected chi connectivity index (χ3v) is 12.0. The van der Waals surface area contributed by atoms with Gasteiger partial charge in [0.2, 0.25) is 0 Å². The lowest BCUT2D eigenvalue weighted by atomic mass is 10.1. The Morgan fingerprint density at radius 1 is 0.300 bits per heavy atom. The van der Waals surface area contributed by atoms with Crippen LogP contribution in [0.25, 0.3) is 0 Å². The zero-order valence-electron chi connectivity index (χ0n) is 45.5. The Labute approximate surface area is 431 Å². The molecule has 0 rings (SSSR count). The van der Waals surface area contributed by atoms with Crippen molar-refractivity contribution in [1.29, 1.82) is 0 Å². The number of esters is 3. The summed E-state index contributed by atoms with van der Waals surface area (Å²) in [6.45, 7) is 6.45. The molecule has 6 heteroatoms. The molecule has 0 aromatic rings. The second-order valence-electron chi connectivity index (χ2n) is 18.8. The van der Waals surface area contributed by atoms with Crippen molar-refractivity contribution < 1.29 is 28.6 Å². The molecule has 6 nitrogen and oxygen atoms in total. The summed E-state index contributed by atoms with van der Waals surface area (Å²) < 4.78 is 16.8. The smallest absolute Gasteiger partial charge is 0.306 e. The maximum absolute atomic E-state index is 12.8. The first kappa shape index (κ1) is 66.1. The number of unbranched alkanes of at least 4 members (excludes halogenated alkanes) is 22. The first-order valence-corrected chi connectivity index (χ1v) is 28.9. The van der Waals surface area contributed by atoms with E-state index in [1.807, 2.05) is 0 Å². The van der Waals surface area contributed by atoms with Gasteiger partial charge in [-0.3, -0.25) is 14.4 Å². The number of carbonyl (C=O) groups is 3. The Morgan fingerprint density at radius 2 is 0.557 bits per heavy atom. The molecule has 0 radical (unpaired) electrons. The van der Waals surface area contributed by atoms with Crippen LogP contribution in [-0.2, 0) is 28.6 Å². The Hall–Kier alpha value is -3.93. The molecule has 0 aliphatic heterocycles. The van der Waals surface area contributed by atoms with Crippen LogP contribution in [-0.4, -0.2) is 37.2 Å². The lowest BCUT2D eigenvalue weighted by molar-refractivity contribution is -0.167. The molecule has 0 aromatic heterocycles. The van der Waals surface area contributed by atoms with Gasteiger partial charge in [-0.2, -0.15) is 0 Å². The quantitative estimate of drug-likeness (QED) is 0.0262. The summed E-state index contributed by atoms with van der Waals surface area (Å²) >= 11 is 0. The van der Waals surface area contributed by atoms with Crippen molar-refractivity contribution in [1.82, 2.24) is 0 Å². The standard InChI is InChI=1S/C64H106O6/c1-4-7-10-13-16-19-21-23-24-25-26-27-28-29-30-31-32-33-34-35-36-37-38-39-40-42-43-45-48-51-54-57-63(66)69-60-61(59-68-62(65)56-53-50-47-18-15-12-9-6-3)70-64(67)58-55-52-49-46-44-41-22-20-17-14-11-8-5-2/h7,10,16,19-20,22-24,26-27,29-30,32-33,35-36,38-39,61H,4-6,8-9,11-15,17-18,21,25,28,31,34,37,40-60H2,1-3H3/b10-7-,19-16-,22-20-,24-23-,27-26-,30-29-,33-32-,36-35-,39-38-. The third-order valence-electron chi connectivity index (χ3n) is 12.0. The highest BCUT2D eigenvalue weighted by Gasteiger charge is 2.19. The van der Waals surface area contributed by atoms with Gasteiger partial charge in [-0.1, -0.05) is 239 Å². The molecule has 70 heavy (non-hydrogen) atoms. The molecule has 0 saturated heterocycles. The monoisotopic (exact) mass is 971 g/mol.